The van der Waals surface area contributed by atoms with Crippen molar-refractivity contribution in [3.8, 4) is 11.5 Å². The van der Waals surface area contributed by atoms with Gasteiger partial charge in [-0.1, -0.05) is 74.5 Å². The van der Waals surface area contributed by atoms with Crippen LogP contribution in [0.3, 0.4) is 0 Å². The van der Waals surface area contributed by atoms with E-state index >= 15 is 0 Å². The molecule has 0 saturated carbocycles. The maximum Gasteiger partial charge on any atom is 0.415 e. The number of alkyl halides is 2. The zero-order valence-electron chi connectivity index (χ0n) is 64.6. The molecular weight excluding hydrogens is 1570 g/mol. The predicted molar refractivity (Wildman–Crippen MR) is 426 cm³/mol. The second-order valence-corrected chi connectivity index (χ2v) is 29.8. The number of aliphatic carboxylic acids is 1. The molecule has 116 heavy (non-hydrogen) atoms. The van der Waals surface area contributed by atoms with Gasteiger partial charge < -0.3 is 109 Å². The third-order valence-corrected chi connectivity index (χ3v) is 21.5. The molecule has 0 bridgehead atoms. The van der Waals surface area contributed by atoms with Crippen LogP contribution in [-0.2, 0) is 73.3 Å². The minimum atomic E-state index is -1.95. The number of aliphatic hydroxyl groups excluding tert-OH is 3. The van der Waals surface area contributed by atoms with E-state index in [4.69, 9.17) is 76.3 Å². The highest BCUT2D eigenvalue weighted by molar-refractivity contribution is 7.16. The SMILES string of the molecule is CC(C)C(NC(=O)CCOCCOCCOCCOCCOCCOCCN1C(=O)C=CC1=O)C(=O)NC(CCCN)C(=O)Nc1ccc(COC(=O)N(C)CCN(C)C(=O)Oc2cc3c(c4ccccc24)C(CCl)CN3C(=O)c2ccc(C(=O)N3CC(CCl)c4c3cc(OC3OC(C(=O)O)C(O)C(O)C3O)c3ccccc43)s2)cc1. The summed E-state index contributed by atoms with van der Waals surface area (Å²) in [7, 11) is 3.01. The summed E-state index contributed by atoms with van der Waals surface area (Å²) < 4.78 is 56.2. The number of carbonyl (C=O) groups excluding carboxylic acids is 9. The van der Waals surface area contributed by atoms with Gasteiger partial charge in [0.2, 0.25) is 24.0 Å². The van der Waals surface area contributed by atoms with E-state index in [-0.39, 0.29) is 148 Å². The molecule has 9 N–H and O–H groups in total. The molecule has 33 nitrogen and oxygen atoms in total. The third-order valence-electron chi connectivity index (χ3n) is 19.7. The zero-order chi connectivity index (χ0) is 83.1. The van der Waals surface area contributed by atoms with Crippen LogP contribution in [0, 0.1) is 5.92 Å². The summed E-state index contributed by atoms with van der Waals surface area (Å²) in [5.74, 6) is -5.32. The van der Waals surface area contributed by atoms with Crippen molar-refractivity contribution in [1.29, 1.82) is 0 Å². The summed E-state index contributed by atoms with van der Waals surface area (Å²) in [6.45, 7) is 7.70. The molecule has 4 aliphatic heterocycles. The number of nitrogens with two attached hydrogens (primary N) is 1. The van der Waals surface area contributed by atoms with Crippen molar-refractivity contribution in [2.24, 2.45) is 11.7 Å². The Morgan fingerprint density at radius 1 is 0.612 bits per heavy atom. The highest BCUT2D eigenvalue weighted by atomic mass is 35.5. The number of benzene rings is 5. The van der Waals surface area contributed by atoms with Crippen LogP contribution in [0.15, 0.2) is 109 Å². The third kappa shape index (κ3) is 22.8. The Morgan fingerprint density at radius 2 is 1.10 bits per heavy atom. The van der Waals surface area contributed by atoms with Crippen molar-refractivity contribution in [2.75, 3.05) is 160 Å². The minimum Gasteiger partial charge on any atom is -0.479 e. The summed E-state index contributed by atoms with van der Waals surface area (Å²) >= 11 is 14.2. The van der Waals surface area contributed by atoms with Gasteiger partial charge in [0, 0.05) is 111 Å². The Balaban J connectivity index is 0.643. The summed E-state index contributed by atoms with van der Waals surface area (Å²) in [5.41, 5.74) is 9.09. The van der Waals surface area contributed by atoms with E-state index in [9.17, 15) is 68.4 Å². The monoisotopic (exact) mass is 1670 g/mol. The number of likely N-dealkylation sites (N-methyl/N-ethyl adjacent to an activating group) is 2. The molecule has 5 heterocycles. The number of nitrogens with zero attached hydrogens (tertiary/aromatic N) is 5. The molecule has 1 saturated heterocycles. The number of nitrogens with one attached hydrogen (secondary N) is 3. The van der Waals surface area contributed by atoms with Crippen molar-refractivity contribution in [1.82, 2.24) is 25.3 Å². The number of ether oxygens (including phenoxy) is 10. The Hall–Kier alpha value is -9.50. The number of imide groups is 1. The highest BCUT2D eigenvalue weighted by Crippen LogP contribution is 2.49. The number of hydrogen-bond acceptors (Lipinski definition) is 25. The van der Waals surface area contributed by atoms with E-state index in [1.54, 1.807) is 104 Å². The molecule has 0 aliphatic carbocycles. The highest BCUT2D eigenvalue weighted by Gasteiger charge is 2.49. The van der Waals surface area contributed by atoms with E-state index in [0.29, 0.717) is 109 Å². The van der Waals surface area contributed by atoms with Crippen molar-refractivity contribution >= 4 is 133 Å². The minimum absolute atomic E-state index is 0.00966. The van der Waals surface area contributed by atoms with Crippen LogP contribution < -0.4 is 41.0 Å². The van der Waals surface area contributed by atoms with Gasteiger partial charge in [-0.2, -0.15) is 0 Å². The van der Waals surface area contributed by atoms with Crippen LogP contribution in [0.1, 0.15) is 81.0 Å². The van der Waals surface area contributed by atoms with Crippen molar-refractivity contribution in [3.63, 3.8) is 0 Å². The molecule has 9 atom stereocenters. The fourth-order valence-corrected chi connectivity index (χ4v) is 14.8. The largest absolute Gasteiger partial charge is 0.479 e. The van der Waals surface area contributed by atoms with Crippen LogP contribution in [0.25, 0.3) is 21.5 Å². The van der Waals surface area contributed by atoms with Crippen molar-refractivity contribution in [2.45, 2.75) is 94.3 Å². The second kappa shape index (κ2) is 43.1. The van der Waals surface area contributed by atoms with E-state index in [0.717, 1.165) is 21.8 Å². The first kappa shape index (κ1) is 88.9. The topological polar surface area (TPSA) is 422 Å². The molecule has 9 amide bonds. The first-order valence-electron chi connectivity index (χ1n) is 38.0. The molecule has 4 aliphatic rings. The lowest BCUT2D eigenvalue weighted by atomic mass is 9.95. The smallest absolute Gasteiger partial charge is 0.415 e. The average molecular weight is 1670 g/mol. The molecule has 1 aromatic heterocycles. The first-order valence-corrected chi connectivity index (χ1v) is 39.9. The number of fused-ring (bicyclic) bond motifs is 6. The van der Waals surface area contributed by atoms with E-state index in [2.05, 4.69) is 16.0 Å². The number of carbonyl (C=O) groups is 10. The molecule has 10 rings (SSSR count). The molecular formula is C80H97Cl2N9O24S. The van der Waals surface area contributed by atoms with Gasteiger partial charge in [-0.05, 0) is 77.0 Å². The van der Waals surface area contributed by atoms with Gasteiger partial charge in [-0.25, -0.2) is 14.4 Å². The zero-order valence-corrected chi connectivity index (χ0v) is 66.9. The van der Waals surface area contributed by atoms with E-state index in [1.807, 2.05) is 12.1 Å². The average Bonchev–Trinajstić information content (AvgIpc) is 1.56. The number of carboxylic acid groups (broad SMARTS) is 1. The van der Waals surface area contributed by atoms with Gasteiger partial charge in [0.1, 0.15) is 48.5 Å². The Labute approximate surface area is 682 Å². The quantitative estimate of drug-likeness (QED) is 0.0129. The molecule has 5 aromatic carbocycles. The summed E-state index contributed by atoms with van der Waals surface area (Å²) in [4.78, 5) is 139. The Kier molecular flexibility index (Phi) is 33.0. The summed E-state index contributed by atoms with van der Waals surface area (Å²) in [5, 5.41) is 52.3. The fraction of sp³-hybridized carbons (Fsp3) is 0.475. The lowest BCUT2D eigenvalue weighted by Crippen LogP contribution is -2.61. The van der Waals surface area contributed by atoms with Gasteiger partial charge in [0.15, 0.2) is 6.10 Å². The molecule has 6 aromatic rings. The van der Waals surface area contributed by atoms with Crippen LogP contribution in [0.4, 0.5) is 26.7 Å². The number of thiophene rings is 1. The molecule has 1 fully saturated rings. The van der Waals surface area contributed by atoms with Crippen molar-refractivity contribution in [3.05, 3.63) is 136 Å². The second-order valence-electron chi connectivity index (χ2n) is 28.1. The lowest BCUT2D eigenvalue weighted by molar-refractivity contribution is -0.270. The van der Waals surface area contributed by atoms with Gasteiger partial charge in [-0.15, -0.1) is 34.5 Å². The number of anilines is 3. The summed E-state index contributed by atoms with van der Waals surface area (Å²) in [6.07, 6.45) is -7.86. The maximum atomic E-state index is 14.8. The number of carboxylic acids is 1. The van der Waals surface area contributed by atoms with Crippen LogP contribution >= 0.6 is 34.5 Å². The molecule has 626 valence electrons. The van der Waals surface area contributed by atoms with Crippen LogP contribution in [-0.4, -0.2) is 282 Å². The molecule has 9 unspecified atom stereocenters. The maximum absolute atomic E-state index is 14.8. The molecule has 0 radical (unpaired) electrons. The Bertz CT molecular complexity index is 4460. The van der Waals surface area contributed by atoms with E-state index < -0.39 is 90.5 Å². The standard InChI is InChI=1S/C80H97Cl2N9O24S/c1-47(2)68(86-63(92)23-28-106-30-32-108-34-36-110-38-39-111-37-35-109-33-31-107-29-27-89-64(93)21-22-65(89)94)74(99)85-56(14-9-24-83)73(98)84-51-17-15-48(16-18-51)46-112-79(104)87(3)25-26-88(4)80(105)114-60-41-58-67(55-13-8-6-11-53(55)60)50(43-82)45-91(58)76(101)62-20-19-61(116-62)75(100)90-44-49(42-81)66-54-12-7-5-10-52(54)59(40-57(66)90)113-78-71(97)69(95)70(96)72(115-78)77(102)103/h5-8,10-13,15-22,40-41,47,49-50,56,68-72,78,95-97H,9,14,23-39,42-46,83H2,1-4H3,(H,84,98)(H,85,99)(H,86,92)(H,102,103). The van der Waals surface area contributed by atoms with E-state index in [1.165, 1.54) is 40.9 Å². The number of amides is 9. The number of rotatable bonds is 43. The fourth-order valence-electron chi connectivity index (χ4n) is 13.4. The predicted octanol–water partition coefficient (Wildman–Crippen LogP) is 5.71. The van der Waals surface area contributed by atoms with Gasteiger partial charge in [0.25, 0.3) is 23.6 Å². The number of aliphatic hydroxyl groups is 3. The molecule has 0 spiro atoms. The number of hydrogen-bond donors (Lipinski definition) is 8. The van der Waals surface area contributed by atoms with Crippen LogP contribution in [0.5, 0.6) is 11.5 Å². The lowest BCUT2D eigenvalue weighted by Gasteiger charge is -2.38. The van der Waals surface area contributed by atoms with Gasteiger partial charge in [0.05, 0.1) is 107 Å². The van der Waals surface area contributed by atoms with Gasteiger partial charge in [-0.3, -0.25) is 38.5 Å². The van der Waals surface area contributed by atoms with Crippen LogP contribution in [0.2, 0.25) is 0 Å². The van der Waals surface area contributed by atoms with Gasteiger partial charge >= 0.3 is 18.2 Å². The normalized spacial score (nSPS) is 18.8. The first-order chi connectivity index (χ1) is 55.9. The van der Waals surface area contributed by atoms with Crippen molar-refractivity contribution < 1.29 is 116 Å². The summed E-state index contributed by atoms with van der Waals surface area (Å²) in [6, 6.07) is 25.1. The Morgan fingerprint density at radius 3 is 1.61 bits per heavy atom. The molecule has 36 heteroatoms. The number of halogens is 2.